The van der Waals surface area contributed by atoms with Crippen molar-refractivity contribution >= 4 is 40.6 Å². The molecule has 7 nitrogen and oxygen atoms in total. The second kappa shape index (κ2) is 12.4. The fraction of sp³-hybridized carbons (Fsp3) is 0.344. The van der Waals surface area contributed by atoms with Crippen molar-refractivity contribution in [3.8, 4) is 0 Å². The number of ketones is 1. The van der Waals surface area contributed by atoms with Crippen molar-refractivity contribution in [1.29, 1.82) is 0 Å². The molecule has 0 aliphatic carbocycles. The van der Waals surface area contributed by atoms with Crippen molar-refractivity contribution in [3.05, 3.63) is 83.9 Å². The van der Waals surface area contributed by atoms with Crippen molar-refractivity contribution in [2.24, 2.45) is 0 Å². The normalized spacial score (nSPS) is 16.4. The maximum absolute atomic E-state index is 14.2. The number of carbonyl (C=O) groups excluding carboxylic acids is 3. The first-order chi connectivity index (χ1) is 20.2. The number of benzene rings is 3. The summed E-state index contributed by atoms with van der Waals surface area (Å²) in [5.74, 6) is -0.103. The molecule has 0 unspecified atom stereocenters. The van der Waals surface area contributed by atoms with E-state index in [1.807, 2.05) is 0 Å². The molecule has 42 heavy (non-hydrogen) atoms. The zero-order valence-corrected chi connectivity index (χ0v) is 23.4. The van der Waals surface area contributed by atoms with Crippen LogP contribution in [0.3, 0.4) is 0 Å². The van der Waals surface area contributed by atoms with Gasteiger partial charge in [0.25, 0.3) is 0 Å². The molecule has 0 aromatic heterocycles. The molecule has 1 fully saturated rings. The van der Waals surface area contributed by atoms with Crippen molar-refractivity contribution in [1.82, 2.24) is 4.90 Å². The van der Waals surface area contributed by atoms with E-state index < -0.39 is 23.8 Å². The van der Waals surface area contributed by atoms with Gasteiger partial charge in [-0.15, -0.1) is 0 Å². The summed E-state index contributed by atoms with van der Waals surface area (Å²) in [7, 11) is 0. The smallest absolute Gasteiger partial charge is 0.303 e. The standard InChI is InChI=1S/C32H33F3N4O3/c1-2-37-27-17-16-24(32(33,34)35)22-28(27)38(25-12-5-3-6-13-25)31(42)39(30(37)41)26-14-9-11-23(21-26)29(40)15-10-20-36-18-7-4-8-19-36/h3,5-6,9,11-14,16-17,21-22H,2,4,7-8,10,15,18-20H2,1H3. The number of imide groups is 1. The maximum atomic E-state index is 14.2. The van der Waals surface area contributed by atoms with Crippen molar-refractivity contribution < 1.29 is 27.6 Å². The van der Waals surface area contributed by atoms with Gasteiger partial charge in [0, 0.05) is 18.5 Å². The number of alkyl halides is 3. The minimum absolute atomic E-state index is 0.0660. The second-order valence-corrected chi connectivity index (χ2v) is 10.5. The van der Waals surface area contributed by atoms with Crippen LogP contribution in [0.2, 0.25) is 0 Å². The molecular formula is C32H33F3N4O3. The van der Waals surface area contributed by atoms with Gasteiger partial charge in [0.2, 0.25) is 0 Å². The van der Waals surface area contributed by atoms with Crippen molar-refractivity contribution in [3.63, 3.8) is 0 Å². The van der Waals surface area contributed by atoms with E-state index in [0.717, 1.165) is 41.6 Å². The zero-order valence-electron chi connectivity index (χ0n) is 23.4. The van der Waals surface area contributed by atoms with E-state index in [1.54, 1.807) is 55.5 Å². The number of amides is 4. The molecule has 220 valence electrons. The molecule has 3 aromatic rings. The number of piperidine rings is 1. The number of Topliss-reactive ketones (excluding diaryl/α,β-unsaturated/α-hetero) is 1. The van der Waals surface area contributed by atoms with Gasteiger partial charge in [-0.25, -0.2) is 14.5 Å². The van der Waals surface area contributed by atoms with Crippen molar-refractivity contribution in [2.75, 3.05) is 40.9 Å². The average molecular weight is 579 g/mol. The van der Waals surface area contributed by atoms with Crippen LogP contribution >= 0.6 is 0 Å². The number of likely N-dealkylation sites (tertiary alicyclic amines) is 1. The number of carbonyl (C=O) groups is 3. The molecule has 10 heteroatoms. The number of fused-ring (bicyclic) bond motifs is 1. The quantitative estimate of drug-likeness (QED) is 0.255. The fourth-order valence-corrected chi connectivity index (χ4v) is 5.58. The first-order valence-corrected chi connectivity index (χ1v) is 14.3. The fourth-order valence-electron chi connectivity index (χ4n) is 5.58. The van der Waals surface area contributed by atoms with Crippen LogP contribution in [0, 0.1) is 0 Å². The van der Waals surface area contributed by atoms with E-state index in [1.165, 1.54) is 36.3 Å². The van der Waals surface area contributed by atoms with Crippen LogP contribution in [0.1, 0.15) is 54.9 Å². The Bertz CT molecular complexity index is 1450. The number of hydrogen-bond donors (Lipinski definition) is 0. The lowest BCUT2D eigenvalue weighted by Crippen LogP contribution is -2.48. The van der Waals surface area contributed by atoms with Gasteiger partial charge >= 0.3 is 18.2 Å². The lowest BCUT2D eigenvalue weighted by atomic mass is 10.0. The summed E-state index contributed by atoms with van der Waals surface area (Å²) in [5.41, 5.74) is -0.0195. The Labute approximate surface area is 243 Å². The van der Waals surface area contributed by atoms with Crippen LogP contribution in [0.4, 0.5) is 45.5 Å². The first kappa shape index (κ1) is 29.3. The predicted molar refractivity (Wildman–Crippen MR) is 157 cm³/mol. The molecule has 0 bridgehead atoms. The molecule has 5 rings (SSSR count). The number of nitrogens with zero attached hydrogens (tertiary/aromatic N) is 4. The minimum atomic E-state index is -4.66. The summed E-state index contributed by atoms with van der Waals surface area (Å²) in [6.07, 6.45) is -0.0518. The van der Waals surface area contributed by atoms with E-state index in [4.69, 9.17) is 0 Å². The van der Waals surface area contributed by atoms with Crippen LogP contribution in [-0.2, 0) is 6.18 Å². The van der Waals surface area contributed by atoms with Crippen LogP contribution in [-0.4, -0.2) is 48.9 Å². The summed E-state index contributed by atoms with van der Waals surface area (Å²) >= 11 is 0. The Morgan fingerprint density at radius 3 is 2.19 bits per heavy atom. The Morgan fingerprint density at radius 1 is 0.786 bits per heavy atom. The van der Waals surface area contributed by atoms with E-state index in [-0.39, 0.29) is 29.4 Å². The molecule has 0 atom stereocenters. The van der Waals surface area contributed by atoms with Crippen LogP contribution in [0.15, 0.2) is 72.8 Å². The topological polar surface area (TPSA) is 64.2 Å². The SMILES string of the molecule is CCN1C(=O)N(c2cccc(C(=O)CCCN3CCCCC3)c2)C(=O)N(c2ccccc2)c2cc(C(F)(F)F)ccc21. The van der Waals surface area contributed by atoms with E-state index in [9.17, 15) is 27.6 Å². The van der Waals surface area contributed by atoms with E-state index in [0.29, 0.717) is 24.1 Å². The van der Waals surface area contributed by atoms with E-state index in [2.05, 4.69) is 4.90 Å². The number of hydrogen-bond acceptors (Lipinski definition) is 4. The first-order valence-electron chi connectivity index (χ1n) is 14.3. The van der Waals surface area contributed by atoms with Gasteiger partial charge in [-0.05, 0) is 88.3 Å². The van der Waals surface area contributed by atoms with Gasteiger partial charge in [0.05, 0.1) is 28.3 Å². The largest absolute Gasteiger partial charge is 0.416 e. The number of rotatable bonds is 8. The van der Waals surface area contributed by atoms with Gasteiger partial charge < -0.3 is 4.90 Å². The summed E-state index contributed by atoms with van der Waals surface area (Å²) in [6.45, 7) is 4.70. The third-order valence-corrected chi connectivity index (χ3v) is 7.72. The van der Waals surface area contributed by atoms with E-state index >= 15 is 0 Å². The second-order valence-electron chi connectivity index (χ2n) is 10.5. The molecule has 0 radical (unpaired) electrons. The van der Waals surface area contributed by atoms with Crippen LogP contribution < -0.4 is 14.7 Å². The molecule has 0 spiro atoms. The highest BCUT2D eigenvalue weighted by atomic mass is 19.4. The number of para-hydroxylation sites is 1. The zero-order chi connectivity index (χ0) is 29.9. The molecule has 2 aliphatic heterocycles. The molecule has 1 saturated heterocycles. The highest BCUT2D eigenvalue weighted by Gasteiger charge is 2.41. The van der Waals surface area contributed by atoms with Crippen LogP contribution in [0.5, 0.6) is 0 Å². The van der Waals surface area contributed by atoms with Gasteiger partial charge in [0.1, 0.15) is 0 Å². The molecule has 3 aromatic carbocycles. The van der Waals surface area contributed by atoms with Crippen molar-refractivity contribution in [2.45, 2.75) is 45.2 Å². The Morgan fingerprint density at radius 2 is 1.50 bits per heavy atom. The van der Waals surface area contributed by atoms with Gasteiger partial charge in [-0.1, -0.05) is 36.8 Å². The molecule has 4 amide bonds. The van der Waals surface area contributed by atoms with Gasteiger partial charge in [0.15, 0.2) is 5.78 Å². The molecular weight excluding hydrogens is 545 g/mol. The molecule has 0 N–H and O–H groups in total. The van der Waals surface area contributed by atoms with Gasteiger partial charge in [-0.2, -0.15) is 13.2 Å². The molecule has 0 saturated carbocycles. The predicted octanol–water partition coefficient (Wildman–Crippen LogP) is 7.88. The van der Waals surface area contributed by atoms with Crippen LogP contribution in [0.25, 0.3) is 0 Å². The Hall–Kier alpha value is -4.18. The third-order valence-electron chi connectivity index (χ3n) is 7.72. The Kier molecular flexibility index (Phi) is 8.63. The third kappa shape index (κ3) is 6.04. The summed E-state index contributed by atoms with van der Waals surface area (Å²) < 4.78 is 41.3. The molecule has 2 aliphatic rings. The van der Waals surface area contributed by atoms with Gasteiger partial charge in [-0.3, -0.25) is 14.6 Å². The Balaban J connectivity index is 1.51. The highest BCUT2D eigenvalue weighted by molar-refractivity contribution is 6.28. The highest BCUT2D eigenvalue weighted by Crippen LogP contribution is 2.43. The average Bonchev–Trinajstić information content (AvgIpc) is 3.08. The lowest BCUT2D eigenvalue weighted by molar-refractivity contribution is -0.137. The summed E-state index contributed by atoms with van der Waals surface area (Å²) in [4.78, 5) is 46.9. The maximum Gasteiger partial charge on any atom is 0.416 e. The summed E-state index contributed by atoms with van der Waals surface area (Å²) in [6, 6.07) is 16.0. The number of urea groups is 2. The number of anilines is 4. The lowest BCUT2D eigenvalue weighted by Gasteiger charge is -2.27. The molecule has 2 heterocycles. The monoisotopic (exact) mass is 578 g/mol. The minimum Gasteiger partial charge on any atom is -0.303 e. The summed E-state index contributed by atoms with van der Waals surface area (Å²) in [5, 5.41) is 0. The number of halogens is 3.